The minimum Gasteiger partial charge on any atom is -0.454 e. The van der Waals surface area contributed by atoms with Gasteiger partial charge in [-0.1, -0.05) is 6.07 Å². The number of hydrogen-bond donors (Lipinski definition) is 0. The highest BCUT2D eigenvalue weighted by molar-refractivity contribution is 7.89. The third kappa shape index (κ3) is 3.33. The standard InChI is InChI=1S/C20H22N2O5S/c1-14-3-5-17(11-15(14)2)28(24,25)22-9-7-21(8-10-22)20(23)16-4-6-18-19(12-16)27-13-26-18/h3-6,11-12H,7-10,13H2,1-2H3. The van der Waals surface area contributed by atoms with E-state index in [-0.39, 0.29) is 25.8 Å². The van der Waals surface area contributed by atoms with E-state index < -0.39 is 10.0 Å². The summed E-state index contributed by atoms with van der Waals surface area (Å²) < 4.78 is 37.9. The van der Waals surface area contributed by atoms with Gasteiger partial charge in [0.25, 0.3) is 5.91 Å². The minimum absolute atomic E-state index is 0.137. The molecule has 7 nitrogen and oxygen atoms in total. The van der Waals surface area contributed by atoms with Crippen molar-refractivity contribution in [2.24, 2.45) is 0 Å². The molecule has 0 saturated carbocycles. The Morgan fingerprint density at radius 3 is 2.32 bits per heavy atom. The van der Waals surface area contributed by atoms with E-state index in [4.69, 9.17) is 9.47 Å². The topological polar surface area (TPSA) is 76.2 Å². The number of ether oxygens (including phenoxy) is 2. The van der Waals surface area contributed by atoms with Crippen LogP contribution in [0.1, 0.15) is 21.5 Å². The van der Waals surface area contributed by atoms with Gasteiger partial charge >= 0.3 is 0 Å². The van der Waals surface area contributed by atoms with Crippen molar-refractivity contribution in [2.45, 2.75) is 18.7 Å². The number of carbonyl (C=O) groups is 1. The van der Waals surface area contributed by atoms with Crippen molar-refractivity contribution in [1.82, 2.24) is 9.21 Å². The highest BCUT2D eigenvalue weighted by Crippen LogP contribution is 2.33. The fourth-order valence-corrected chi connectivity index (χ4v) is 4.88. The molecule has 1 saturated heterocycles. The van der Waals surface area contributed by atoms with Crippen LogP contribution in [0.15, 0.2) is 41.3 Å². The fourth-order valence-electron chi connectivity index (χ4n) is 3.37. The van der Waals surface area contributed by atoms with Gasteiger partial charge in [-0.15, -0.1) is 0 Å². The zero-order valence-electron chi connectivity index (χ0n) is 15.8. The highest BCUT2D eigenvalue weighted by atomic mass is 32.2. The maximum Gasteiger partial charge on any atom is 0.254 e. The minimum atomic E-state index is -3.56. The van der Waals surface area contributed by atoms with Crippen LogP contribution in [0.5, 0.6) is 11.5 Å². The lowest BCUT2D eigenvalue weighted by molar-refractivity contribution is 0.0697. The molecule has 1 fully saturated rings. The zero-order chi connectivity index (χ0) is 19.9. The molecule has 2 heterocycles. The maximum absolute atomic E-state index is 12.9. The summed E-state index contributed by atoms with van der Waals surface area (Å²) in [5.74, 6) is 1.05. The molecule has 0 bridgehead atoms. The molecule has 0 radical (unpaired) electrons. The molecule has 2 aromatic carbocycles. The molecule has 2 aromatic rings. The van der Waals surface area contributed by atoms with Gasteiger partial charge in [0.15, 0.2) is 11.5 Å². The number of aryl methyl sites for hydroxylation is 2. The summed E-state index contributed by atoms with van der Waals surface area (Å²) in [6, 6.07) is 10.3. The summed E-state index contributed by atoms with van der Waals surface area (Å²) in [6.07, 6.45) is 0. The normalized spacial score (nSPS) is 17.0. The van der Waals surface area contributed by atoms with E-state index in [9.17, 15) is 13.2 Å². The number of sulfonamides is 1. The van der Waals surface area contributed by atoms with Crippen molar-refractivity contribution in [2.75, 3.05) is 33.0 Å². The number of benzene rings is 2. The number of amides is 1. The number of nitrogens with zero attached hydrogens (tertiary/aromatic N) is 2. The van der Waals surface area contributed by atoms with Gasteiger partial charge in [0.1, 0.15) is 0 Å². The molecule has 2 aliphatic heterocycles. The molecule has 2 aliphatic rings. The molecule has 0 N–H and O–H groups in total. The van der Waals surface area contributed by atoms with Crippen molar-refractivity contribution < 1.29 is 22.7 Å². The second kappa shape index (κ2) is 7.10. The first-order chi connectivity index (χ1) is 13.4. The van der Waals surface area contributed by atoms with Crippen molar-refractivity contribution >= 4 is 15.9 Å². The molecule has 8 heteroatoms. The van der Waals surface area contributed by atoms with Crippen LogP contribution in [0.25, 0.3) is 0 Å². The second-order valence-corrected chi connectivity index (χ2v) is 8.95. The summed E-state index contributed by atoms with van der Waals surface area (Å²) in [5.41, 5.74) is 2.51. The van der Waals surface area contributed by atoms with E-state index in [0.717, 1.165) is 11.1 Å². The van der Waals surface area contributed by atoms with Crippen molar-refractivity contribution in [1.29, 1.82) is 0 Å². The van der Waals surface area contributed by atoms with Gasteiger partial charge in [0.05, 0.1) is 4.90 Å². The average Bonchev–Trinajstić information content (AvgIpc) is 3.17. The summed E-state index contributed by atoms with van der Waals surface area (Å²) in [6.45, 7) is 5.23. The van der Waals surface area contributed by atoms with Crippen molar-refractivity contribution in [3.63, 3.8) is 0 Å². The number of carbonyl (C=O) groups excluding carboxylic acids is 1. The number of fused-ring (bicyclic) bond motifs is 1. The SMILES string of the molecule is Cc1ccc(S(=O)(=O)N2CCN(C(=O)c3ccc4c(c3)OCO4)CC2)cc1C. The number of hydrogen-bond acceptors (Lipinski definition) is 5. The Morgan fingerprint density at radius 2 is 1.61 bits per heavy atom. The monoisotopic (exact) mass is 402 g/mol. The highest BCUT2D eigenvalue weighted by Gasteiger charge is 2.31. The number of rotatable bonds is 3. The summed E-state index contributed by atoms with van der Waals surface area (Å²) in [4.78, 5) is 14.7. The molecule has 0 atom stereocenters. The van der Waals surface area contributed by atoms with Crippen LogP contribution in [-0.2, 0) is 10.0 Å². The Kier molecular flexibility index (Phi) is 4.76. The average molecular weight is 402 g/mol. The molecule has 0 spiro atoms. The molecule has 0 unspecified atom stereocenters. The van der Waals surface area contributed by atoms with Gasteiger partial charge in [-0.05, 0) is 55.3 Å². The first kappa shape index (κ1) is 18.8. The molecule has 0 aliphatic carbocycles. The van der Waals surface area contributed by atoms with Crippen molar-refractivity contribution in [3.8, 4) is 11.5 Å². The van der Waals surface area contributed by atoms with Crippen LogP contribution in [0.3, 0.4) is 0 Å². The zero-order valence-corrected chi connectivity index (χ0v) is 16.7. The molecule has 148 valence electrons. The smallest absolute Gasteiger partial charge is 0.254 e. The van der Waals surface area contributed by atoms with Gasteiger partial charge in [0.2, 0.25) is 16.8 Å². The molecular formula is C20H22N2O5S. The summed E-state index contributed by atoms with van der Waals surface area (Å²) in [7, 11) is -3.56. The van der Waals surface area contributed by atoms with E-state index >= 15 is 0 Å². The van der Waals surface area contributed by atoms with E-state index in [0.29, 0.717) is 35.0 Å². The van der Waals surface area contributed by atoms with Gasteiger partial charge in [-0.2, -0.15) is 4.31 Å². The first-order valence-corrected chi connectivity index (χ1v) is 10.6. The molecule has 4 rings (SSSR count). The van der Waals surface area contributed by atoms with Crippen LogP contribution in [0, 0.1) is 13.8 Å². The fraction of sp³-hybridized carbons (Fsp3) is 0.350. The molecule has 1 amide bonds. The van der Waals surface area contributed by atoms with Crippen LogP contribution >= 0.6 is 0 Å². The molecule has 0 aromatic heterocycles. The Labute approximate surface area is 164 Å². The van der Waals surface area contributed by atoms with Gasteiger partial charge in [-0.25, -0.2) is 8.42 Å². The third-order valence-corrected chi connectivity index (χ3v) is 7.16. The third-order valence-electron chi connectivity index (χ3n) is 5.26. The second-order valence-electron chi connectivity index (χ2n) is 7.01. The van der Waals surface area contributed by atoms with E-state index in [1.807, 2.05) is 19.9 Å². The van der Waals surface area contributed by atoms with E-state index in [2.05, 4.69) is 0 Å². The first-order valence-electron chi connectivity index (χ1n) is 9.12. The maximum atomic E-state index is 12.9. The van der Waals surface area contributed by atoms with Gasteiger partial charge < -0.3 is 14.4 Å². The Hall–Kier alpha value is -2.58. The largest absolute Gasteiger partial charge is 0.454 e. The lowest BCUT2D eigenvalue weighted by Gasteiger charge is -2.34. The predicted octanol–water partition coefficient (Wildman–Crippen LogP) is 2.18. The van der Waals surface area contributed by atoms with E-state index in [1.165, 1.54) is 4.31 Å². The lowest BCUT2D eigenvalue weighted by Crippen LogP contribution is -2.50. The molecular weight excluding hydrogens is 380 g/mol. The van der Waals surface area contributed by atoms with Gasteiger partial charge in [-0.3, -0.25) is 4.79 Å². The van der Waals surface area contributed by atoms with Crippen LogP contribution in [0.4, 0.5) is 0 Å². The Balaban J connectivity index is 1.45. The summed E-state index contributed by atoms with van der Waals surface area (Å²) >= 11 is 0. The quantitative estimate of drug-likeness (QED) is 0.787. The Bertz CT molecular complexity index is 1030. The number of piperazine rings is 1. The predicted molar refractivity (Wildman–Crippen MR) is 103 cm³/mol. The Morgan fingerprint density at radius 1 is 0.893 bits per heavy atom. The summed E-state index contributed by atoms with van der Waals surface area (Å²) in [5, 5.41) is 0. The van der Waals surface area contributed by atoms with Crippen molar-refractivity contribution in [3.05, 3.63) is 53.1 Å². The van der Waals surface area contributed by atoms with E-state index in [1.54, 1.807) is 35.2 Å². The molecule has 28 heavy (non-hydrogen) atoms. The van der Waals surface area contributed by atoms with Gasteiger partial charge in [0, 0.05) is 31.7 Å². The van der Waals surface area contributed by atoms with Crippen LogP contribution in [-0.4, -0.2) is 56.5 Å². The van der Waals surface area contributed by atoms with Crippen LogP contribution < -0.4 is 9.47 Å². The van der Waals surface area contributed by atoms with Crippen LogP contribution in [0.2, 0.25) is 0 Å². The lowest BCUT2D eigenvalue weighted by atomic mass is 10.1.